The predicted octanol–water partition coefficient (Wildman–Crippen LogP) is 3.24. The Balaban J connectivity index is 4.09. The fraction of sp³-hybridized carbons (Fsp3) is 1.00. The Hall–Kier alpha value is 0.240. The van der Waals surface area contributed by atoms with Crippen LogP contribution in [-0.2, 0) is 9.84 Å². The lowest BCUT2D eigenvalue weighted by molar-refractivity contribution is 0.538. The normalized spacial score (nSPS) is 15.7. The molecule has 1 unspecified atom stereocenters. The zero-order chi connectivity index (χ0) is 12.3. The number of halogens is 1. The Labute approximate surface area is 99.3 Å². The lowest BCUT2D eigenvalue weighted by Gasteiger charge is -2.20. The molecule has 0 heterocycles. The van der Waals surface area contributed by atoms with Gasteiger partial charge in [-0.1, -0.05) is 13.8 Å². The van der Waals surface area contributed by atoms with E-state index in [1.807, 2.05) is 0 Å². The maximum Gasteiger partial charge on any atom is 0.155 e. The highest BCUT2D eigenvalue weighted by Gasteiger charge is 2.28. The maximum absolute atomic E-state index is 11.8. The van der Waals surface area contributed by atoms with Gasteiger partial charge in [-0.25, -0.2) is 8.42 Å². The van der Waals surface area contributed by atoms with Crippen LogP contribution in [0.5, 0.6) is 0 Å². The molecule has 0 aromatic carbocycles. The van der Waals surface area contributed by atoms with E-state index in [2.05, 4.69) is 13.8 Å². The van der Waals surface area contributed by atoms with E-state index in [1.165, 1.54) is 0 Å². The molecule has 0 radical (unpaired) electrons. The van der Waals surface area contributed by atoms with Crippen molar-refractivity contribution in [3.05, 3.63) is 0 Å². The SMILES string of the molecule is CC(C)C(Cl)CCCS(=O)(=O)C(C)(C)C. The van der Waals surface area contributed by atoms with Crippen molar-refractivity contribution in [1.82, 2.24) is 0 Å². The number of sulfone groups is 1. The van der Waals surface area contributed by atoms with Gasteiger partial charge in [0.05, 0.1) is 10.5 Å². The molecule has 1 atom stereocenters. The summed E-state index contributed by atoms with van der Waals surface area (Å²) in [4.78, 5) is 0. The first-order chi connectivity index (χ1) is 6.58. The van der Waals surface area contributed by atoms with Crippen LogP contribution in [0.25, 0.3) is 0 Å². The molecule has 4 heteroatoms. The highest BCUT2D eigenvalue weighted by atomic mass is 35.5. The van der Waals surface area contributed by atoms with E-state index in [-0.39, 0.29) is 11.1 Å². The molecule has 0 N–H and O–H groups in total. The van der Waals surface area contributed by atoms with Crippen LogP contribution in [0.3, 0.4) is 0 Å². The highest BCUT2D eigenvalue weighted by molar-refractivity contribution is 7.92. The molecule has 15 heavy (non-hydrogen) atoms. The number of hydrogen-bond acceptors (Lipinski definition) is 2. The first-order valence-electron chi connectivity index (χ1n) is 5.44. The highest BCUT2D eigenvalue weighted by Crippen LogP contribution is 2.20. The Morgan fingerprint density at radius 1 is 1.20 bits per heavy atom. The second-order valence-corrected chi connectivity index (χ2v) is 8.76. The number of alkyl halides is 1. The summed E-state index contributed by atoms with van der Waals surface area (Å²) in [7, 11) is -2.98. The van der Waals surface area contributed by atoms with Crippen molar-refractivity contribution in [3.63, 3.8) is 0 Å². The summed E-state index contributed by atoms with van der Waals surface area (Å²) in [6, 6.07) is 0. The molecule has 0 saturated carbocycles. The van der Waals surface area contributed by atoms with Gasteiger partial charge in [-0.05, 0) is 39.5 Å². The fourth-order valence-electron chi connectivity index (χ4n) is 1.11. The topological polar surface area (TPSA) is 34.1 Å². The van der Waals surface area contributed by atoms with Crippen LogP contribution in [0.1, 0.15) is 47.5 Å². The molecule has 0 amide bonds. The fourth-order valence-corrected chi connectivity index (χ4v) is 2.42. The third kappa shape index (κ3) is 5.21. The molecule has 92 valence electrons. The summed E-state index contributed by atoms with van der Waals surface area (Å²) in [6.45, 7) is 9.32. The molecule has 0 bridgehead atoms. The van der Waals surface area contributed by atoms with Crippen molar-refractivity contribution < 1.29 is 8.42 Å². The third-order valence-corrected chi connectivity index (χ3v) is 5.96. The largest absolute Gasteiger partial charge is 0.228 e. The van der Waals surface area contributed by atoms with Crippen molar-refractivity contribution in [3.8, 4) is 0 Å². The van der Waals surface area contributed by atoms with E-state index in [0.29, 0.717) is 12.3 Å². The van der Waals surface area contributed by atoms with Gasteiger partial charge >= 0.3 is 0 Å². The molecule has 0 rings (SSSR count). The van der Waals surface area contributed by atoms with Crippen molar-refractivity contribution in [1.29, 1.82) is 0 Å². The lowest BCUT2D eigenvalue weighted by atomic mass is 10.1. The molecule has 0 aliphatic carbocycles. The summed E-state index contributed by atoms with van der Waals surface area (Å²) in [6.07, 6.45) is 1.43. The zero-order valence-corrected chi connectivity index (χ0v) is 12.0. The second kappa shape index (κ2) is 5.53. The average Bonchev–Trinajstić information content (AvgIpc) is 2.01. The van der Waals surface area contributed by atoms with Crippen molar-refractivity contribution in [2.75, 3.05) is 5.75 Å². The van der Waals surface area contributed by atoms with Gasteiger partial charge in [0.15, 0.2) is 9.84 Å². The first-order valence-corrected chi connectivity index (χ1v) is 7.53. The Kier molecular flexibility index (Phi) is 5.62. The van der Waals surface area contributed by atoms with Gasteiger partial charge in [-0.2, -0.15) is 0 Å². The minimum Gasteiger partial charge on any atom is -0.228 e. The summed E-state index contributed by atoms with van der Waals surface area (Å²) < 4.78 is 22.9. The lowest BCUT2D eigenvalue weighted by Crippen LogP contribution is -2.30. The summed E-state index contributed by atoms with van der Waals surface area (Å²) in [5.41, 5.74) is 0. The average molecular weight is 255 g/mol. The van der Waals surface area contributed by atoms with E-state index in [4.69, 9.17) is 11.6 Å². The molecule has 0 fully saturated rings. The quantitative estimate of drug-likeness (QED) is 0.706. The van der Waals surface area contributed by atoms with E-state index >= 15 is 0 Å². The minimum absolute atomic E-state index is 0.0835. The van der Waals surface area contributed by atoms with Gasteiger partial charge in [0, 0.05) is 5.38 Å². The van der Waals surface area contributed by atoms with Crippen LogP contribution in [0.2, 0.25) is 0 Å². The van der Waals surface area contributed by atoms with Crippen LogP contribution >= 0.6 is 11.6 Å². The van der Waals surface area contributed by atoms with Crippen molar-refractivity contribution >= 4 is 21.4 Å². The number of hydrogen-bond donors (Lipinski definition) is 0. The first kappa shape index (κ1) is 15.2. The zero-order valence-electron chi connectivity index (χ0n) is 10.4. The monoisotopic (exact) mass is 254 g/mol. The Bertz CT molecular complexity index is 275. The maximum atomic E-state index is 11.8. The van der Waals surface area contributed by atoms with Gasteiger partial charge in [-0.3, -0.25) is 0 Å². The predicted molar refractivity (Wildman–Crippen MR) is 67.3 cm³/mol. The van der Waals surface area contributed by atoms with Gasteiger partial charge in [0.25, 0.3) is 0 Å². The molecule has 2 nitrogen and oxygen atoms in total. The molecule has 0 aromatic rings. The van der Waals surface area contributed by atoms with E-state index in [0.717, 1.165) is 6.42 Å². The molecule has 0 aromatic heterocycles. The second-order valence-electron chi connectivity index (χ2n) is 5.33. The smallest absolute Gasteiger partial charge is 0.155 e. The van der Waals surface area contributed by atoms with E-state index < -0.39 is 14.6 Å². The number of rotatable bonds is 5. The van der Waals surface area contributed by atoms with Crippen LogP contribution in [0.4, 0.5) is 0 Å². The molecule has 0 saturated heterocycles. The van der Waals surface area contributed by atoms with Crippen LogP contribution in [0.15, 0.2) is 0 Å². The van der Waals surface area contributed by atoms with Crippen LogP contribution in [0, 0.1) is 5.92 Å². The van der Waals surface area contributed by atoms with Gasteiger partial charge < -0.3 is 0 Å². The van der Waals surface area contributed by atoms with Gasteiger partial charge in [0.1, 0.15) is 0 Å². The standard InChI is InChI=1S/C11H23ClO2S/c1-9(2)10(12)7-6-8-15(13,14)11(3,4)5/h9-10H,6-8H2,1-5H3. The molecular weight excluding hydrogens is 232 g/mol. The van der Waals surface area contributed by atoms with Gasteiger partial charge in [-0.15, -0.1) is 11.6 Å². The summed E-state index contributed by atoms with van der Waals surface area (Å²) in [5.74, 6) is 0.649. The summed E-state index contributed by atoms with van der Waals surface area (Å²) in [5, 5.41) is 0.0835. The van der Waals surface area contributed by atoms with Crippen LogP contribution < -0.4 is 0 Å². The summed E-state index contributed by atoms with van der Waals surface area (Å²) >= 11 is 6.06. The minimum atomic E-state index is -2.98. The molecule has 0 aliphatic rings. The Morgan fingerprint density at radius 2 is 1.67 bits per heavy atom. The van der Waals surface area contributed by atoms with E-state index in [1.54, 1.807) is 20.8 Å². The molecular formula is C11H23ClO2S. The van der Waals surface area contributed by atoms with Crippen molar-refractivity contribution in [2.45, 2.75) is 57.6 Å². The van der Waals surface area contributed by atoms with Crippen molar-refractivity contribution in [2.24, 2.45) is 5.92 Å². The van der Waals surface area contributed by atoms with E-state index in [9.17, 15) is 8.42 Å². The Morgan fingerprint density at radius 3 is 2.00 bits per heavy atom. The third-order valence-electron chi connectivity index (χ3n) is 2.55. The van der Waals surface area contributed by atoms with Crippen LogP contribution in [-0.4, -0.2) is 24.3 Å². The van der Waals surface area contributed by atoms with Gasteiger partial charge in [0.2, 0.25) is 0 Å². The molecule has 0 aliphatic heterocycles. The molecule has 0 spiro atoms.